The molecule has 2 aliphatic heterocycles. The Morgan fingerprint density at radius 1 is 1.12 bits per heavy atom. The minimum absolute atomic E-state index is 0.0728. The van der Waals surface area contributed by atoms with Crippen LogP contribution in [0, 0.1) is 17.7 Å². The molecule has 1 aromatic carbocycles. The van der Waals surface area contributed by atoms with Crippen molar-refractivity contribution in [3.8, 4) is 34.6 Å². The molecule has 3 aromatic rings. The van der Waals surface area contributed by atoms with Crippen LogP contribution < -0.4 is 10.5 Å². The standard InChI is InChI=1S/C25H21FN4O3/c1-24(2,31-3)7-6-15-8-20-22(29-11-15)33-21-5-4-16(17-9-18(26)13-28-12-17)10-19(21)25(20)14-32-23(27)30-25/h4-5,8-13H,14H2,1-3H3,(H2,27,30)/t25-/m1/s1. The second-order valence-corrected chi connectivity index (χ2v) is 8.34. The lowest BCUT2D eigenvalue weighted by Crippen LogP contribution is -2.31. The molecule has 1 atom stereocenters. The summed E-state index contributed by atoms with van der Waals surface area (Å²) in [6.45, 7) is 3.94. The van der Waals surface area contributed by atoms with Gasteiger partial charge in [0.15, 0.2) is 5.54 Å². The van der Waals surface area contributed by atoms with Gasteiger partial charge >= 0.3 is 0 Å². The number of halogens is 1. The first-order valence-electron chi connectivity index (χ1n) is 10.3. The second-order valence-electron chi connectivity index (χ2n) is 8.34. The van der Waals surface area contributed by atoms with Crippen LogP contribution >= 0.6 is 0 Å². The first-order valence-corrected chi connectivity index (χ1v) is 10.3. The first-order chi connectivity index (χ1) is 15.8. The minimum Gasteiger partial charge on any atom is -0.462 e. The van der Waals surface area contributed by atoms with Crippen molar-refractivity contribution >= 4 is 6.02 Å². The Bertz CT molecular complexity index is 1360. The molecule has 1 spiro atoms. The van der Waals surface area contributed by atoms with Crippen molar-refractivity contribution in [3.63, 3.8) is 0 Å². The van der Waals surface area contributed by atoms with E-state index in [1.54, 1.807) is 25.6 Å². The number of methoxy groups -OCH3 is 1. The van der Waals surface area contributed by atoms with E-state index in [1.807, 2.05) is 32.0 Å². The van der Waals surface area contributed by atoms with Crippen molar-refractivity contribution in [1.29, 1.82) is 0 Å². The first kappa shape index (κ1) is 20.9. The maximum Gasteiger partial charge on any atom is 0.283 e. The third-order valence-electron chi connectivity index (χ3n) is 5.71. The van der Waals surface area contributed by atoms with Gasteiger partial charge in [0, 0.05) is 36.2 Å². The van der Waals surface area contributed by atoms with Crippen molar-refractivity contribution < 1.29 is 18.6 Å². The fraction of sp³-hybridized carbons (Fsp3) is 0.240. The summed E-state index contributed by atoms with van der Waals surface area (Å²) in [6, 6.07) is 8.92. The van der Waals surface area contributed by atoms with Crippen molar-refractivity contribution in [2.45, 2.75) is 25.0 Å². The number of fused-ring (bicyclic) bond motifs is 4. The highest BCUT2D eigenvalue weighted by Crippen LogP contribution is 2.51. The molecule has 0 fully saturated rings. The normalized spacial score (nSPS) is 18.4. The number of nitrogens with two attached hydrogens (primary N) is 1. The smallest absolute Gasteiger partial charge is 0.283 e. The van der Waals surface area contributed by atoms with Crippen LogP contribution in [0.2, 0.25) is 0 Å². The predicted octanol–water partition coefficient (Wildman–Crippen LogP) is 3.75. The monoisotopic (exact) mass is 444 g/mol. The van der Waals surface area contributed by atoms with Crippen LogP contribution in [0.5, 0.6) is 11.6 Å². The lowest BCUT2D eigenvalue weighted by Gasteiger charge is -2.33. The number of pyridine rings is 2. The molecule has 5 rings (SSSR count). The lowest BCUT2D eigenvalue weighted by atomic mass is 9.81. The molecule has 7 nitrogen and oxygen atoms in total. The van der Waals surface area contributed by atoms with E-state index in [0.717, 1.165) is 17.3 Å². The SMILES string of the molecule is COC(C)(C)C#Cc1cnc2c(c1)[C@@]1(COC(N)=N1)c1cc(-c3cncc(F)c3)ccc1O2. The Balaban J connectivity index is 1.66. The fourth-order valence-electron chi connectivity index (χ4n) is 3.82. The maximum absolute atomic E-state index is 13.8. The fourth-order valence-corrected chi connectivity index (χ4v) is 3.82. The van der Waals surface area contributed by atoms with Crippen LogP contribution in [0.4, 0.5) is 4.39 Å². The molecular weight excluding hydrogens is 423 g/mol. The van der Waals surface area contributed by atoms with E-state index in [9.17, 15) is 4.39 Å². The van der Waals surface area contributed by atoms with Gasteiger partial charge in [0.1, 0.15) is 23.8 Å². The molecule has 0 aliphatic carbocycles. The Labute approximate surface area is 190 Å². The highest BCUT2D eigenvalue weighted by molar-refractivity contribution is 5.77. The number of aromatic nitrogens is 2. The third-order valence-corrected chi connectivity index (χ3v) is 5.71. The molecule has 8 heteroatoms. The van der Waals surface area contributed by atoms with Gasteiger partial charge < -0.3 is 19.9 Å². The van der Waals surface area contributed by atoms with Gasteiger partial charge in [-0.15, -0.1) is 0 Å². The Kier molecular flexibility index (Phi) is 4.80. The zero-order chi connectivity index (χ0) is 23.2. The average Bonchev–Trinajstić information content (AvgIpc) is 3.20. The summed E-state index contributed by atoms with van der Waals surface area (Å²) in [5.41, 5.74) is 7.88. The number of aliphatic imine (C=N–C) groups is 1. The van der Waals surface area contributed by atoms with E-state index in [4.69, 9.17) is 19.9 Å². The second kappa shape index (κ2) is 7.57. The minimum atomic E-state index is -0.967. The largest absolute Gasteiger partial charge is 0.462 e. The lowest BCUT2D eigenvalue weighted by molar-refractivity contribution is 0.0741. The van der Waals surface area contributed by atoms with Crippen molar-refractivity contribution in [1.82, 2.24) is 9.97 Å². The Morgan fingerprint density at radius 3 is 2.70 bits per heavy atom. The molecular formula is C25H21FN4O3. The molecule has 2 aromatic heterocycles. The molecule has 0 saturated heterocycles. The van der Waals surface area contributed by atoms with E-state index in [-0.39, 0.29) is 12.6 Å². The summed E-state index contributed by atoms with van der Waals surface area (Å²) in [5, 5.41) is 0. The van der Waals surface area contributed by atoms with Gasteiger partial charge in [-0.25, -0.2) is 14.4 Å². The van der Waals surface area contributed by atoms with E-state index in [0.29, 0.717) is 28.3 Å². The highest BCUT2D eigenvalue weighted by Gasteiger charge is 2.47. The molecule has 2 aliphatic rings. The van der Waals surface area contributed by atoms with E-state index < -0.39 is 17.0 Å². The van der Waals surface area contributed by atoms with Crippen molar-refractivity contribution in [3.05, 3.63) is 71.4 Å². The zero-order valence-electron chi connectivity index (χ0n) is 18.3. The van der Waals surface area contributed by atoms with Gasteiger partial charge in [0.2, 0.25) is 5.88 Å². The van der Waals surface area contributed by atoms with Crippen LogP contribution in [-0.2, 0) is 15.0 Å². The quantitative estimate of drug-likeness (QED) is 0.606. The van der Waals surface area contributed by atoms with Gasteiger partial charge in [0.05, 0.1) is 11.8 Å². The van der Waals surface area contributed by atoms with Crippen molar-refractivity contribution in [2.24, 2.45) is 10.7 Å². The summed E-state index contributed by atoms with van der Waals surface area (Å²) < 4.78 is 30.9. The van der Waals surface area contributed by atoms with Gasteiger partial charge in [0.25, 0.3) is 6.02 Å². The van der Waals surface area contributed by atoms with Gasteiger partial charge in [-0.1, -0.05) is 17.9 Å². The average molecular weight is 444 g/mol. The molecule has 0 unspecified atom stereocenters. The number of hydrogen-bond donors (Lipinski definition) is 1. The van der Waals surface area contributed by atoms with Crippen LogP contribution in [0.3, 0.4) is 0 Å². The summed E-state index contributed by atoms with van der Waals surface area (Å²) in [5.74, 6) is 6.76. The van der Waals surface area contributed by atoms with Crippen molar-refractivity contribution in [2.75, 3.05) is 13.7 Å². The summed E-state index contributed by atoms with van der Waals surface area (Å²) >= 11 is 0. The zero-order valence-corrected chi connectivity index (χ0v) is 18.3. The van der Waals surface area contributed by atoms with Crippen LogP contribution in [0.25, 0.3) is 11.1 Å². The van der Waals surface area contributed by atoms with Crippen LogP contribution in [0.15, 0.2) is 53.9 Å². The molecule has 0 amide bonds. The van der Waals surface area contributed by atoms with Gasteiger partial charge in [-0.05, 0) is 43.7 Å². The number of amidine groups is 1. The maximum atomic E-state index is 13.8. The van der Waals surface area contributed by atoms with E-state index in [2.05, 4.69) is 26.8 Å². The van der Waals surface area contributed by atoms with E-state index >= 15 is 0 Å². The number of hydrogen-bond acceptors (Lipinski definition) is 7. The number of ether oxygens (including phenoxy) is 3. The molecule has 0 saturated carbocycles. The van der Waals surface area contributed by atoms with Gasteiger partial charge in [-0.2, -0.15) is 0 Å². The number of nitrogens with zero attached hydrogens (tertiary/aromatic N) is 3. The molecule has 4 heterocycles. The predicted molar refractivity (Wildman–Crippen MR) is 120 cm³/mol. The van der Waals surface area contributed by atoms with E-state index in [1.165, 1.54) is 6.07 Å². The highest BCUT2D eigenvalue weighted by atomic mass is 19.1. The third kappa shape index (κ3) is 3.66. The summed E-state index contributed by atoms with van der Waals surface area (Å²) in [4.78, 5) is 13.1. The van der Waals surface area contributed by atoms with Crippen LogP contribution in [0.1, 0.15) is 30.5 Å². The summed E-state index contributed by atoms with van der Waals surface area (Å²) in [7, 11) is 1.61. The summed E-state index contributed by atoms with van der Waals surface area (Å²) in [6.07, 6.45) is 4.41. The molecule has 0 bridgehead atoms. The molecule has 166 valence electrons. The molecule has 0 radical (unpaired) electrons. The number of rotatable bonds is 2. The Hall–Kier alpha value is -3.96. The molecule has 2 N–H and O–H groups in total. The van der Waals surface area contributed by atoms with Crippen LogP contribution in [-0.4, -0.2) is 35.3 Å². The Morgan fingerprint density at radius 2 is 1.97 bits per heavy atom. The van der Waals surface area contributed by atoms with Gasteiger partial charge in [-0.3, -0.25) is 4.98 Å². The molecule has 33 heavy (non-hydrogen) atoms. The topological polar surface area (TPSA) is 91.9 Å². The number of benzene rings is 1.